The topological polar surface area (TPSA) is 91.9 Å². The normalized spacial score (nSPS) is 11.4. The maximum atomic E-state index is 6.18. The third kappa shape index (κ3) is 1.99. The predicted molar refractivity (Wildman–Crippen MR) is 86.5 cm³/mol. The summed E-state index contributed by atoms with van der Waals surface area (Å²) in [6, 6.07) is 1.96. The van der Waals surface area contributed by atoms with Crippen molar-refractivity contribution in [3.63, 3.8) is 0 Å². The number of nitrogens with two attached hydrogens (primary N) is 1. The summed E-state index contributed by atoms with van der Waals surface area (Å²) in [5.74, 6) is 1.59. The Bertz CT molecular complexity index is 1020. The van der Waals surface area contributed by atoms with Crippen LogP contribution in [0.2, 0.25) is 0 Å². The molecule has 0 aromatic carbocycles. The quantitative estimate of drug-likeness (QED) is 0.604. The molecule has 4 aromatic rings. The summed E-state index contributed by atoms with van der Waals surface area (Å²) >= 11 is 0. The van der Waals surface area contributed by atoms with Crippen molar-refractivity contribution in [3.8, 4) is 22.9 Å². The summed E-state index contributed by atoms with van der Waals surface area (Å²) in [6.45, 7) is 2.00. The lowest BCUT2D eigenvalue weighted by molar-refractivity contribution is 0.770. The predicted octanol–water partition coefficient (Wildman–Crippen LogP) is 1.42. The Kier molecular flexibility index (Phi) is 2.74. The molecule has 0 saturated carbocycles. The SMILES string of the molecule is Cc1c(-c2ccn(C)n2)cn2nc(-c3nccn3C)nc(N)c12. The standard InChI is InChI=1S/C15H16N8/c1-9-10(11-4-6-22(3)19-11)8-23-12(9)13(16)18-14(20-23)15-17-5-7-21(15)2/h4-8H,1-3H3,(H2,16,18,20). The minimum absolute atomic E-state index is 0.428. The van der Waals surface area contributed by atoms with Crippen LogP contribution in [0, 0.1) is 6.92 Å². The largest absolute Gasteiger partial charge is 0.382 e. The van der Waals surface area contributed by atoms with Crippen molar-refractivity contribution in [3.05, 3.63) is 36.4 Å². The van der Waals surface area contributed by atoms with Crippen LogP contribution in [-0.2, 0) is 14.1 Å². The number of nitrogen functional groups attached to an aromatic ring is 1. The third-order valence-electron chi connectivity index (χ3n) is 3.92. The third-order valence-corrected chi connectivity index (χ3v) is 3.92. The van der Waals surface area contributed by atoms with Crippen molar-refractivity contribution in [1.29, 1.82) is 0 Å². The first-order valence-corrected chi connectivity index (χ1v) is 7.18. The summed E-state index contributed by atoms with van der Waals surface area (Å²) in [7, 11) is 3.79. The molecule has 4 rings (SSSR count). The minimum Gasteiger partial charge on any atom is -0.382 e. The lowest BCUT2D eigenvalue weighted by Gasteiger charge is -2.04. The van der Waals surface area contributed by atoms with E-state index in [1.165, 1.54) is 0 Å². The van der Waals surface area contributed by atoms with Crippen molar-refractivity contribution < 1.29 is 0 Å². The first-order chi connectivity index (χ1) is 11.0. The Hall–Kier alpha value is -3.16. The van der Waals surface area contributed by atoms with E-state index in [-0.39, 0.29) is 0 Å². The molecule has 116 valence electrons. The lowest BCUT2D eigenvalue weighted by atomic mass is 10.1. The first kappa shape index (κ1) is 13.5. The molecule has 0 amide bonds. The van der Waals surface area contributed by atoms with E-state index in [1.807, 2.05) is 50.2 Å². The van der Waals surface area contributed by atoms with Crippen LogP contribution in [0.25, 0.3) is 28.4 Å². The number of fused-ring (bicyclic) bond motifs is 1. The smallest absolute Gasteiger partial charge is 0.218 e. The van der Waals surface area contributed by atoms with Gasteiger partial charge in [-0.15, -0.1) is 5.10 Å². The van der Waals surface area contributed by atoms with Crippen LogP contribution in [0.3, 0.4) is 0 Å². The van der Waals surface area contributed by atoms with Gasteiger partial charge in [0.1, 0.15) is 5.52 Å². The highest BCUT2D eigenvalue weighted by atomic mass is 15.3. The van der Waals surface area contributed by atoms with Gasteiger partial charge in [-0.25, -0.2) is 14.5 Å². The second kappa shape index (κ2) is 4.67. The molecule has 8 heteroatoms. The van der Waals surface area contributed by atoms with Crippen LogP contribution >= 0.6 is 0 Å². The number of rotatable bonds is 2. The van der Waals surface area contributed by atoms with E-state index < -0.39 is 0 Å². The second-order valence-corrected chi connectivity index (χ2v) is 5.52. The average Bonchev–Trinajstić information content (AvgIpc) is 3.18. The van der Waals surface area contributed by atoms with Crippen LogP contribution in [0.1, 0.15) is 5.56 Å². The molecule has 0 aliphatic rings. The van der Waals surface area contributed by atoms with E-state index in [4.69, 9.17) is 5.73 Å². The molecule has 2 N–H and O–H groups in total. The van der Waals surface area contributed by atoms with Gasteiger partial charge in [-0.1, -0.05) is 0 Å². The van der Waals surface area contributed by atoms with E-state index in [2.05, 4.69) is 20.2 Å². The molecule has 0 unspecified atom stereocenters. The fraction of sp³-hybridized carbons (Fsp3) is 0.200. The highest BCUT2D eigenvalue weighted by Crippen LogP contribution is 2.29. The molecular weight excluding hydrogens is 292 g/mol. The zero-order valence-corrected chi connectivity index (χ0v) is 13.1. The average molecular weight is 308 g/mol. The Labute approximate surface area is 132 Å². The number of anilines is 1. The molecule has 4 aromatic heterocycles. The van der Waals surface area contributed by atoms with Gasteiger partial charge in [-0.05, 0) is 18.6 Å². The molecule has 8 nitrogen and oxygen atoms in total. The van der Waals surface area contributed by atoms with Crippen LogP contribution < -0.4 is 5.73 Å². The van der Waals surface area contributed by atoms with Gasteiger partial charge in [-0.3, -0.25) is 4.68 Å². The van der Waals surface area contributed by atoms with Crippen molar-refractivity contribution in [2.45, 2.75) is 6.92 Å². The maximum absolute atomic E-state index is 6.18. The van der Waals surface area contributed by atoms with Gasteiger partial charge in [0.25, 0.3) is 0 Å². The highest BCUT2D eigenvalue weighted by Gasteiger charge is 2.17. The number of aromatic nitrogens is 7. The van der Waals surface area contributed by atoms with Crippen molar-refractivity contribution in [1.82, 2.24) is 33.9 Å². The number of aryl methyl sites for hydroxylation is 3. The zero-order valence-electron chi connectivity index (χ0n) is 13.1. The second-order valence-electron chi connectivity index (χ2n) is 5.52. The lowest BCUT2D eigenvalue weighted by Crippen LogP contribution is -2.05. The number of hydrogen-bond donors (Lipinski definition) is 1. The molecule has 0 aliphatic heterocycles. The van der Waals surface area contributed by atoms with Crippen LogP contribution in [0.4, 0.5) is 5.82 Å². The molecule has 0 atom stereocenters. The molecule has 23 heavy (non-hydrogen) atoms. The Morgan fingerprint density at radius 1 is 1.13 bits per heavy atom. The van der Waals surface area contributed by atoms with E-state index >= 15 is 0 Å². The van der Waals surface area contributed by atoms with Gasteiger partial charge in [-0.2, -0.15) is 5.10 Å². The highest BCUT2D eigenvalue weighted by molar-refractivity contribution is 5.81. The summed E-state index contributed by atoms with van der Waals surface area (Å²) < 4.78 is 5.38. The molecule has 0 fully saturated rings. The van der Waals surface area contributed by atoms with Crippen LogP contribution in [-0.4, -0.2) is 33.9 Å². The van der Waals surface area contributed by atoms with E-state index in [0.29, 0.717) is 17.5 Å². The number of imidazole rings is 1. The summed E-state index contributed by atoms with van der Waals surface area (Å²) in [5, 5.41) is 9.01. The Balaban J connectivity index is 1.96. The number of nitrogens with zero attached hydrogens (tertiary/aromatic N) is 7. The van der Waals surface area contributed by atoms with Crippen LogP contribution in [0.15, 0.2) is 30.9 Å². The van der Waals surface area contributed by atoms with Crippen molar-refractivity contribution in [2.24, 2.45) is 14.1 Å². The molecule has 0 saturated heterocycles. The van der Waals surface area contributed by atoms with Gasteiger partial charge in [0.05, 0.1) is 5.69 Å². The summed E-state index contributed by atoms with van der Waals surface area (Å²) in [5.41, 5.74) is 9.85. The van der Waals surface area contributed by atoms with Gasteiger partial charge >= 0.3 is 0 Å². The molecule has 0 aliphatic carbocycles. The monoisotopic (exact) mass is 308 g/mol. The molecule has 0 radical (unpaired) electrons. The van der Waals surface area contributed by atoms with Gasteiger partial charge in [0.2, 0.25) is 5.82 Å². The Morgan fingerprint density at radius 2 is 1.96 bits per heavy atom. The van der Waals surface area contributed by atoms with E-state index in [0.717, 1.165) is 22.3 Å². The maximum Gasteiger partial charge on any atom is 0.218 e. The first-order valence-electron chi connectivity index (χ1n) is 7.18. The van der Waals surface area contributed by atoms with Crippen molar-refractivity contribution >= 4 is 11.3 Å². The fourth-order valence-electron chi connectivity index (χ4n) is 2.76. The van der Waals surface area contributed by atoms with Gasteiger partial charge in [0, 0.05) is 44.4 Å². The zero-order chi connectivity index (χ0) is 16.1. The van der Waals surface area contributed by atoms with Crippen molar-refractivity contribution in [2.75, 3.05) is 5.73 Å². The molecule has 0 bridgehead atoms. The molecule has 0 spiro atoms. The van der Waals surface area contributed by atoms with Gasteiger partial charge in [0.15, 0.2) is 11.6 Å². The molecular formula is C15H16N8. The number of hydrogen-bond acceptors (Lipinski definition) is 5. The Morgan fingerprint density at radius 3 is 2.61 bits per heavy atom. The van der Waals surface area contributed by atoms with E-state index in [1.54, 1.807) is 15.4 Å². The minimum atomic E-state index is 0.428. The van der Waals surface area contributed by atoms with Crippen LogP contribution in [0.5, 0.6) is 0 Å². The summed E-state index contributed by atoms with van der Waals surface area (Å²) in [4.78, 5) is 8.69. The molecule has 4 heterocycles. The fourth-order valence-corrected chi connectivity index (χ4v) is 2.76. The van der Waals surface area contributed by atoms with Gasteiger partial charge < -0.3 is 10.3 Å². The summed E-state index contributed by atoms with van der Waals surface area (Å²) in [6.07, 6.45) is 7.39. The van der Waals surface area contributed by atoms with E-state index in [9.17, 15) is 0 Å².